The van der Waals surface area contributed by atoms with Gasteiger partial charge in [-0.15, -0.1) is 11.3 Å². The third kappa shape index (κ3) is 4.57. The molecule has 5 heterocycles. The molecule has 8 nitrogen and oxygen atoms in total. The standard InChI is InChI=1S/C29H26N6O2S/c1-17(36)26-9-10-27(38-26)20-5-4-6-23-21(20)14-25(31-23)29-28-24(33-34-29)8-7-22(32-28)18-13-19(16-30-15-18)37-12-11-35(2)3/h4-10,13-16,31H,11-12H2,1-3H3,(H,33,34). The smallest absolute Gasteiger partial charge is 0.169 e. The van der Waals surface area contributed by atoms with Gasteiger partial charge in [-0.05, 0) is 63.5 Å². The number of carbonyl (C=O) groups is 1. The van der Waals surface area contributed by atoms with Crippen LogP contribution in [-0.2, 0) is 0 Å². The molecule has 1 aromatic carbocycles. The van der Waals surface area contributed by atoms with Crippen LogP contribution in [0.3, 0.4) is 0 Å². The molecule has 6 rings (SSSR count). The molecule has 5 aromatic heterocycles. The van der Waals surface area contributed by atoms with E-state index >= 15 is 0 Å². The Morgan fingerprint density at radius 3 is 2.76 bits per heavy atom. The number of carbonyl (C=O) groups excluding carboxylic acids is 1. The Morgan fingerprint density at radius 1 is 1.05 bits per heavy atom. The van der Waals surface area contributed by atoms with E-state index in [2.05, 4.69) is 37.2 Å². The lowest BCUT2D eigenvalue weighted by molar-refractivity contribution is 0.102. The van der Waals surface area contributed by atoms with Gasteiger partial charge >= 0.3 is 0 Å². The van der Waals surface area contributed by atoms with E-state index in [1.807, 2.05) is 56.6 Å². The molecule has 0 saturated heterocycles. The quantitative estimate of drug-likeness (QED) is 0.237. The van der Waals surface area contributed by atoms with E-state index in [1.165, 1.54) is 11.3 Å². The number of ether oxygens (including phenoxy) is 1. The molecule has 0 saturated carbocycles. The van der Waals surface area contributed by atoms with Crippen LogP contribution in [0.5, 0.6) is 5.75 Å². The van der Waals surface area contributed by atoms with Gasteiger partial charge in [-0.1, -0.05) is 12.1 Å². The fraction of sp³-hybridized carbons (Fsp3) is 0.172. The van der Waals surface area contributed by atoms with E-state index in [1.54, 1.807) is 19.3 Å². The highest BCUT2D eigenvalue weighted by Gasteiger charge is 2.16. The van der Waals surface area contributed by atoms with Crippen molar-refractivity contribution >= 4 is 39.1 Å². The molecular weight excluding hydrogens is 496 g/mol. The molecule has 0 spiro atoms. The second kappa shape index (κ2) is 9.85. The predicted molar refractivity (Wildman–Crippen MR) is 152 cm³/mol. The first-order valence-corrected chi connectivity index (χ1v) is 13.1. The Labute approximate surface area is 223 Å². The van der Waals surface area contributed by atoms with Crippen molar-refractivity contribution in [3.63, 3.8) is 0 Å². The summed E-state index contributed by atoms with van der Waals surface area (Å²) in [6.07, 6.45) is 3.51. The van der Waals surface area contributed by atoms with Crippen molar-refractivity contribution in [2.45, 2.75) is 6.92 Å². The summed E-state index contributed by atoms with van der Waals surface area (Å²) in [7, 11) is 4.03. The van der Waals surface area contributed by atoms with Crippen LogP contribution in [0.25, 0.3) is 55.0 Å². The molecule has 38 heavy (non-hydrogen) atoms. The molecule has 2 N–H and O–H groups in total. The number of benzene rings is 1. The number of nitrogens with one attached hydrogen (secondary N) is 2. The number of rotatable bonds is 8. The molecule has 0 radical (unpaired) electrons. The number of H-pyrrole nitrogens is 2. The minimum absolute atomic E-state index is 0.0777. The van der Waals surface area contributed by atoms with Gasteiger partial charge in [-0.3, -0.25) is 14.9 Å². The van der Waals surface area contributed by atoms with E-state index in [9.17, 15) is 4.79 Å². The van der Waals surface area contributed by atoms with Gasteiger partial charge in [0.25, 0.3) is 0 Å². The predicted octanol–water partition coefficient (Wildman–Crippen LogP) is 6.04. The van der Waals surface area contributed by atoms with Gasteiger partial charge in [-0.25, -0.2) is 4.98 Å². The Morgan fingerprint density at radius 2 is 1.95 bits per heavy atom. The summed E-state index contributed by atoms with van der Waals surface area (Å²) < 4.78 is 5.87. The van der Waals surface area contributed by atoms with Crippen molar-refractivity contribution in [1.29, 1.82) is 0 Å². The number of aromatic amines is 2. The maximum Gasteiger partial charge on any atom is 0.169 e. The highest BCUT2D eigenvalue weighted by atomic mass is 32.1. The fourth-order valence-electron chi connectivity index (χ4n) is 4.40. The number of Topliss-reactive ketones (excluding diaryl/α,β-unsaturated/α-hetero) is 1. The Kier molecular flexibility index (Phi) is 6.22. The Bertz CT molecular complexity index is 1780. The van der Waals surface area contributed by atoms with Gasteiger partial charge in [-0.2, -0.15) is 5.10 Å². The topological polar surface area (TPSA) is 99.8 Å². The van der Waals surface area contributed by atoms with Gasteiger partial charge in [0.15, 0.2) is 5.78 Å². The SMILES string of the molecule is CC(=O)c1ccc(-c2cccc3[nH]c(-c4n[nH]c5ccc(-c6cncc(OCCN(C)C)c6)nc45)cc23)s1. The van der Waals surface area contributed by atoms with Crippen molar-refractivity contribution < 1.29 is 9.53 Å². The highest BCUT2D eigenvalue weighted by molar-refractivity contribution is 7.17. The molecule has 190 valence electrons. The van der Waals surface area contributed by atoms with E-state index in [0.717, 1.165) is 66.4 Å². The molecular formula is C29H26N6O2S. The summed E-state index contributed by atoms with van der Waals surface area (Å²) in [5.74, 6) is 0.789. The van der Waals surface area contributed by atoms with Crippen LogP contribution in [0, 0.1) is 0 Å². The number of aromatic nitrogens is 5. The van der Waals surface area contributed by atoms with Gasteiger partial charge in [0.1, 0.15) is 23.6 Å². The van der Waals surface area contributed by atoms with Crippen LogP contribution in [-0.4, -0.2) is 63.1 Å². The molecule has 0 aliphatic heterocycles. The average molecular weight is 523 g/mol. The lowest BCUT2D eigenvalue weighted by atomic mass is 10.1. The zero-order chi connectivity index (χ0) is 26.2. The number of likely N-dealkylation sites (N-methyl/N-ethyl adjacent to an activating group) is 1. The number of nitrogens with zero attached hydrogens (tertiary/aromatic N) is 4. The first-order chi connectivity index (χ1) is 18.5. The van der Waals surface area contributed by atoms with Gasteiger partial charge in [0, 0.05) is 39.6 Å². The summed E-state index contributed by atoms with van der Waals surface area (Å²) in [6, 6.07) is 18.0. The normalized spacial score (nSPS) is 11.6. The number of hydrogen-bond donors (Lipinski definition) is 2. The molecule has 0 amide bonds. The number of hydrogen-bond acceptors (Lipinski definition) is 7. The van der Waals surface area contributed by atoms with Crippen LogP contribution in [0.15, 0.2) is 67.0 Å². The van der Waals surface area contributed by atoms with Crippen molar-refractivity contribution in [1.82, 2.24) is 30.0 Å². The van der Waals surface area contributed by atoms with Gasteiger partial charge in [0.2, 0.25) is 0 Å². The van der Waals surface area contributed by atoms with Crippen molar-refractivity contribution in [3.05, 3.63) is 71.9 Å². The van der Waals surface area contributed by atoms with Crippen LogP contribution < -0.4 is 4.74 Å². The van der Waals surface area contributed by atoms with Crippen molar-refractivity contribution in [2.24, 2.45) is 0 Å². The Hall–Kier alpha value is -4.34. The second-order valence-electron chi connectivity index (χ2n) is 9.40. The van der Waals surface area contributed by atoms with Crippen molar-refractivity contribution in [3.8, 4) is 38.8 Å². The van der Waals surface area contributed by atoms with Crippen LogP contribution in [0.4, 0.5) is 0 Å². The number of ketones is 1. The number of pyridine rings is 2. The summed E-state index contributed by atoms with van der Waals surface area (Å²) in [4.78, 5) is 28.5. The monoisotopic (exact) mass is 522 g/mol. The lowest BCUT2D eigenvalue weighted by Crippen LogP contribution is -2.19. The molecule has 0 bridgehead atoms. The highest BCUT2D eigenvalue weighted by Crippen LogP contribution is 2.37. The number of fused-ring (bicyclic) bond motifs is 2. The molecule has 6 aromatic rings. The van der Waals surface area contributed by atoms with Crippen LogP contribution in [0.2, 0.25) is 0 Å². The van der Waals surface area contributed by atoms with Gasteiger partial charge in [0.05, 0.1) is 28.0 Å². The minimum atomic E-state index is 0.0777. The molecule has 9 heteroatoms. The second-order valence-corrected chi connectivity index (χ2v) is 10.5. The maximum atomic E-state index is 11.8. The van der Waals surface area contributed by atoms with E-state index in [4.69, 9.17) is 9.72 Å². The fourth-order valence-corrected chi connectivity index (χ4v) is 5.34. The minimum Gasteiger partial charge on any atom is -0.491 e. The largest absolute Gasteiger partial charge is 0.491 e. The summed E-state index contributed by atoms with van der Waals surface area (Å²) >= 11 is 1.51. The zero-order valence-corrected chi connectivity index (χ0v) is 22.1. The maximum absolute atomic E-state index is 11.8. The van der Waals surface area contributed by atoms with E-state index in [-0.39, 0.29) is 5.78 Å². The lowest BCUT2D eigenvalue weighted by Gasteiger charge is -2.11. The molecule has 0 unspecified atom stereocenters. The third-order valence-corrected chi connectivity index (χ3v) is 7.58. The van der Waals surface area contributed by atoms with E-state index in [0.29, 0.717) is 12.4 Å². The number of thiophene rings is 1. The van der Waals surface area contributed by atoms with Crippen LogP contribution in [0.1, 0.15) is 16.6 Å². The summed E-state index contributed by atoms with van der Waals surface area (Å²) in [5.41, 5.74) is 6.96. The van der Waals surface area contributed by atoms with Crippen molar-refractivity contribution in [2.75, 3.05) is 27.2 Å². The first kappa shape index (κ1) is 24.0. The molecule has 0 aliphatic rings. The molecule has 0 fully saturated rings. The molecule has 0 atom stereocenters. The Balaban J connectivity index is 1.37. The van der Waals surface area contributed by atoms with E-state index < -0.39 is 0 Å². The third-order valence-electron chi connectivity index (χ3n) is 6.36. The first-order valence-electron chi connectivity index (χ1n) is 12.3. The van der Waals surface area contributed by atoms with Gasteiger partial charge < -0.3 is 14.6 Å². The molecule has 0 aliphatic carbocycles. The van der Waals surface area contributed by atoms with Crippen LogP contribution >= 0.6 is 11.3 Å². The summed E-state index contributed by atoms with van der Waals surface area (Å²) in [6.45, 7) is 3.00. The average Bonchev–Trinajstić information content (AvgIpc) is 3.66. The summed E-state index contributed by atoms with van der Waals surface area (Å²) in [5, 5.41) is 8.77. The zero-order valence-electron chi connectivity index (χ0n) is 21.3.